The van der Waals surface area contributed by atoms with Crippen LogP contribution in [0.15, 0.2) is 77.3 Å². The molecule has 0 aromatic heterocycles. The topological polar surface area (TPSA) is 9.23 Å². The van der Waals surface area contributed by atoms with E-state index in [0.717, 1.165) is 16.6 Å². The molecule has 0 aliphatic carbocycles. The maximum Gasteiger partial charge on any atom is 0.119 e. The summed E-state index contributed by atoms with van der Waals surface area (Å²) < 4.78 is 6.96. The van der Waals surface area contributed by atoms with E-state index in [1.54, 1.807) is 0 Å². The first kappa shape index (κ1) is 15.8. The molecule has 0 radical (unpaired) electrons. The van der Waals surface area contributed by atoms with E-state index in [1.165, 1.54) is 22.3 Å². The van der Waals surface area contributed by atoms with E-state index in [2.05, 4.69) is 65.3 Å². The fourth-order valence-electron chi connectivity index (χ4n) is 2.49. The molecule has 0 fully saturated rings. The molecule has 0 N–H and O–H groups in total. The van der Waals surface area contributed by atoms with Crippen LogP contribution >= 0.6 is 15.9 Å². The lowest BCUT2D eigenvalue weighted by molar-refractivity contribution is 0.306. The van der Waals surface area contributed by atoms with Gasteiger partial charge in [-0.15, -0.1) is 0 Å². The van der Waals surface area contributed by atoms with E-state index in [0.29, 0.717) is 6.61 Å². The van der Waals surface area contributed by atoms with Gasteiger partial charge in [0.25, 0.3) is 0 Å². The minimum atomic E-state index is 0.602. The molecule has 0 unspecified atom stereocenters. The second-order valence-electron chi connectivity index (χ2n) is 5.67. The third-order valence-corrected chi connectivity index (χ3v) is 4.37. The van der Waals surface area contributed by atoms with Crippen molar-refractivity contribution in [3.8, 4) is 5.75 Å². The lowest BCUT2D eigenvalue weighted by Crippen LogP contribution is -1.96. The van der Waals surface area contributed by atoms with Gasteiger partial charge in [-0.05, 0) is 59.9 Å². The molecule has 3 rings (SSSR count). The number of halogens is 1. The molecule has 0 aliphatic rings. The minimum Gasteiger partial charge on any atom is -0.489 e. The Kier molecular flexibility index (Phi) is 5.14. The molecular weight excluding hydrogens is 348 g/mol. The highest BCUT2D eigenvalue weighted by atomic mass is 79.9. The summed E-state index contributed by atoms with van der Waals surface area (Å²) in [7, 11) is 0. The normalized spacial score (nSPS) is 10.5. The second-order valence-corrected chi connectivity index (χ2v) is 6.58. The van der Waals surface area contributed by atoms with Gasteiger partial charge >= 0.3 is 0 Å². The van der Waals surface area contributed by atoms with Crippen LogP contribution in [0.4, 0.5) is 0 Å². The van der Waals surface area contributed by atoms with Crippen molar-refractivity contribution >= 4 is 15.9 Å². The Bertz CT molecular complexity index is 764. The van der Waals surface area contributed by atoms with Gasteiger partial charge in [0, 0.05) is 4.47 Å². The van der Waals surface area contributed by atoms with Crippen molar-refractivity contribution in [2.45, 2.75) is 20.0 Å². The third kappa shape index (κ3) is 4.46. The van der Waals surface area contributed by atoms with Gasteiger partial charge in [0.2, 0.25) is 0 Å². The lowest BCUT2D eigenvalue weighted by Gasteiger charge is -2.09. The Morgan fingerprint density at radius 1 is 0.826 bits per heavy atom. The summed E-state index contributed by atoms with van der Waals surface area (Å²) in [5, 5.41) is 0. The van der Waals surface area contributed by atoms with E-state index in [1.807, 2.05) is 30.3 Å². The maximum absolute atomic E-state index is 5.83. The van der Waals surface area contributed by atoms with Gasteiger partial charge < -0.3 is 4.74 Å². The average Bonchev–Trinajstić information content (AvgIpc) is 2.58. The summed E-state index contributed by atoms with van der Waals surface area (Å²) in [6, 6.07) is 25.0. The average molecular weight is 367 g/mol. The molecule has 116 valence electrons. The summed E-state index contributed by atoms with van der Waals surface area (Å²) in [5.41, 5.74) is 5.13. The number of aryl methyl sites for hydroxylation is 1. The molecule has 0 heterocycles. The van der Waals surface area contributed by atoms with Gasteiger partial charge in [-0.3, -0.25) is 0 Å². The quantitative estimate of drug-likeness (QED) is 0.543. The van der Waals surface area contributed by atoms with Gasteiger partial charge in [0.05, 0.1) is 0 Å². The van der Waals surface area contributed by atoms with Crippen LogP contribution in [0.2, 0.25) is 0 Å². The number of hydrogen-bond acceptors (Lipinski definition) is 1. The molecule has 3 aromatic carbocycles. The fraction of sp³-hybridized carbons (Fsp3) is 0.143. The molecule has 0 saturated heterocycles. The summed E-state index contributed by atoms with van der Waals surface area (Å²) in [6.45, 7) is 2.75. The predicted octanol–water partition coefficient (Wildman–Crippen LogP) is 5.93. The summed E-state index contributed by atoms with van der Waals surface area (Å²) >= 11 is 3.54. The van der Waals surface area contributed by atoms with Crippen molar-refractivity contribution in [3.05, 3.63) is 99.5 Å². The van der Waals surface area contributed by atoms with E-state index >= 15 is 0 Å². The molecule has 0 saturated carbocycles. The van der Waals surface area contributed by atoms with E-state index in [9.17, 15) is 0 Å². The predicted molar refractivity (Wildman–Crippen MR) is 98.9 cm³/mol. The Morgan fingerprint density at radius 2 is 1.57 bits per heavy atom. The van der Waals surface area contributed by atoms with E-state index in [-0.39, 0.29) is 0 Å². The molecule has 0 atom stereocenters. The van der Waals surface area contributed by atoms with Crippen LogP contribution in [0.25, 0.3) is 0 Å². The molecule has 0 bridgehead atoms. The highest BCUT2D eigenvalue weighted by Gasteiger charge is 2.02. The van der Waals surface area contributed by atoms with Crippen molar-refractivity contribution < 1.29 is 4.74 Å². The van der Waals surface area contributed by atoms with Gasteiger partial charge in [0.1, 0.15) is 12.4 Å². The van der Waals surface area contributed by atoms with Crippen LogP contribution in [0.5, 0.6) is 5.75 Å². The van der Waals surface area contributed by atoms with Crippen LogP contribution in [0.1, 0.15) is 22.3 Å². The zero-order chi connectivity index (χ0) is 16.1. The summed E-state index contributed by atoms with van der Waals surface area (Å²) in [4.78, 5) is 0. The fourth-order valence-corrected chi connectivity index (χ4v) is 2.90. The molecule has 0 aliphatic heterocycles. The van der Waals surface area contributed by atoms with Crippen molar-refractivity contribution in [2.75, 3.05) is 0 Å². The summed E-state index contributed by atoms with van der Waals surface area (Å²) in [5.74, 6) is 0.906. The van der Waals surface area contributed by atoms with Crippen molar-refractivity contribution in [1.29, 1.82) is 0 Å². The molecule has 23 heavy (non-hydrogen) atoms. The van der Waals surface area contributed by atoms with Crippen LogP contribution in [-0.2, 0) is 13.0 Å². The number of benzene rings is 3. The Morgan fingerprint density at radius 3 is 2.30 bits per heavy atom. The molecule has 1 nitrogen and oxygen atoms in total. The number of hydrogen-bond donors (Lipinski definition) is 0. The van der Waals surface area contributed by atoms with Gasteiger partial charge in [-0.1, -0.05) is 64.5 Å². The van der Waals surface area contributed by atoms with Crippen LogP contribution in [-0.4, -0.2) is 0 Å². The van der Waals surface area contributed by atoms with Crippen molar-refractivity contribution in [3.63, 3.8) is 0 Å². The molecule has 3 aromatic rings. The SMILES string of the molecule is Cc1ccc(Br)cc1Cc1ccc(OCc2ccccc2)cc1. The minimum absolute atomic E-state index is 0.602. The molecule has 0 amide bonds. The highest BCUT2D eigenvalue weighted by Crippen LogP contribution is 2.21. The second kappa shape index (κ2) is 7.47. The highest BCUT2D eigenvalue weighted by molar-refractivity contribution is 9.10. The van der Waals surface area contributed by atoms with E-state index < -0.39 is 0 Å². The van der Waals surface area contributed by atoms with E-state index in [4.69, 9.17) is 4.74 Å². The molecule has 0 spiro atoms. The number of ether oxygens (including phenoxy) is 1. The Labute approximate surface area is 146 Å². The van der Waals surface area contributed by atoms with Crippen LogP contribution in [0, 0.1) is 6.92 Å². The largest absolute Gasteiger partial charge is 0.489 e. The van der Waals surface area contributed by atoms with Crippen LogP contribution in [0.3, 0.4) is 0 Å². The smallest absolute Gasteiger partial charge is 0.119 e. The summed E-state index contributed by atoms with van der Waals surface area (Å²) in [6.07, 6.45) is 0.935. The first-order valence-electron chi connectivity index (χ1n) is 7.71. The standard InChI is InChI=1S/C21H19BrO/c1-16-7-10-20(22)14-19(16)13-17-8-11-21(12-9-17)23-15-18-5-3-2-4-6-18/h2-12,14H,13,15H2,1H3. The van der Waals surface area contributed by atoms with Crippen LogP contribution < -0.4 is 4.74 Å². The van der Waals surface area contributed by atoms with Gasteiger partial charge in [0.15, 0.2) is 0 Å². The number of rotatable bonds is 5. The molecular formula is C21H19BrO. The first-order valence-corrected chi connectivity index (χ1v) is 8.51. The zero-order valence-electron chi connectivity index (χ0n) is 13.1. The molecule has 2 heteroatoms. The third-order valence-electron chi connectivity index (χ3n) is 3.88. The zero-order valence-corrected chi connectivity index (χ0v) is 14.7. The maximum atomic E-state index is 5.83. The monoisotopic (exact) mass is 366 g/mol. The van der Waals surface area contributed by atoms with Gasteiger partial charge in [-0.25, -0.2) is 0 Å². The Hall–Kier alpha value is -2.06. The van der Waals surface area contributed by atoms with Crippen molar-refractivity contribution in [1.82, 2.24) is 0 Å². The lowest BCUT2D eigenvalue weighted by atomic mass is 10.0. The first-order chi connectivity index (χ1) is 11.2. The van der Waals surface area contributed by atoms with Crippen molar-refractivity contribution in [2.24, 2.45) is 0 Å². The van der Waals surface area contributed by atoms with Gasteiger partial charge in [-0.2, -0.15) is 0 Å². The Balaban J connectivity index is 1.64.